The SMILES string of the molecule is Cc1[nH]c(C(=O)Nc2nc3c(N4CCC(NC(=O)OC(C)(C)C)C4)cc(C(=O)O)cc3s2)c(Cl)c1Cl. The van der Waals surface area contributed by atoms with Crippen LogP contribution in [0.1, 0.15) is 53.7 Å². The number of nitrogens with one attached hydrogen (secondary N) is 3. The average Bonchev–Trinajstić information content (AvgIpc) is 3.45. The van der Waals surface area contributed by atoms with Crippen LogP contribution < -0.4 is 15.5 Å². The van der Waals surface area contributed by atoms with Gasteiger partial charge in [0.2, 0.25) is 0 Å². The molecule has 0 spiro atoms. The van der Waals surface area contributed by atoms with Gasteiger partial charge in [0, 0.05) is 18.8 Å². The summed E-state index contributed by atoms with van der Waals surface area (Å²) in [6, 6.07) is 2.89. The summed E-state index contributed by atoms with van der Waals surface area (Å²) < 4.78 is 5.93. The standard InChI is InChI=1S/C23H25Cl2N5O5S/c1-10-15(24)16(25)18(26-10)19(31)29-21-28-17-13(7-11(20(32)33)8-14(17)36-21)30-6-5-12(9-30)27-22(34)35-23(2,3)4/h7-8,12,26H,5-6,9H2,1-4H3,(H,27,34)(H,32,33)(H,28,29,31). The van der Waals surface area contributed by atoms with Crippen LogP contribution in [0.2, 0.25) is 10.0 Å². The molecule has 10 nitrogen and oxygen atoms in total. The molecule has 0 aliphatic carbocycles. The van der Waals surface area contributed by atoms with Gasteiger partial charge in [0.05, 0.1) is 32.0 Å². The predicted octanol–water partition coefficient (Wildman–Crippen LogP) is 5.29. The molecular formula is C23H25Cl2N5O5S. The van der Waals surface area contributed by atoms with Gasteiger partial charge in [-0.1, -0.05) is 34.5 Å². The molecule has 1 aromatic carbocycles. The molecule has 3 aromatic rings. The summed E-state index contributed by atoms with van der Waals surface area (Å²) in [5.41, 5.74) is 1.31. The first kappa shape index (κ1) is 26.1. The minimum Gasteiger partial charge on any atom is -0.478 e. The van der Waals surface area contributed by atoms with Gasteiger partial charge in [0.1, 0.15) is 16.8 Å². The van der Waals surface area contributed by atoms with Crippen molar-refractivity contribution in [2.24, 2.45) is 0 Å². The van der Waals surface area contributed by atoms with Gasteiger partial charge >= 0.3 is 12.1 Å². The third-order valence-corrected chi connectivity index (χ3v) is 7.34. The summed E-state index contributed by atoms with van der Waals surface area (Å²) in [5, 5.41) is 15.9. The van der Waals surface area contributed by atoms with Gasteiger partial charge < -0.3 is 25.0 Å². The van der Waals surface area contributed by atoms with Crippen LogP contribution in [0.15, 0.2) is 12.1 Å². The molecule has 1 aliphatic heterocycles. The Balaban J connectivity index is 1.59. The van der Waals surface area contributed by atoms with E-state index >= 15 is 0 Å². The van der Waals surface area contributed by atoms with Crippen molar-refractivity contribution in [2.45, 2.75) is 45.8 Å². The Morgan fingerprint density at radius 3 is 2.58 bits per heavy atom. The van der Waals surface area contributed by atoms with Gasteiger partial charge in [-0.3, -0.25) is 10.1 Å². The Morgan fingerprint density at radius 1 is 1.25 bits per heavy atom. The molecular weight excluding hydrogens is 529 g/mol. The summed E-state index contributed by atoms with van der Waals surface area (Å²) in [6.07, 6.45) is 0.146. The summed E-state index contributed by atoms with van der Waals surface area (Å²) in [5.74, 6) is -1.60. The molecule has 192 valence electrons. The van der Waals surface area contributed by atoms with E-state index in [1.807, 2.05) is 4.90 Å². The number of aromatic carboxylic acids is 1. The number of carbonyl (C=O) groups excluding carboxylic acids is 2. The normalized spacial score (nSPS) is 15.8. The second kappa shape index (κ2) is 9.79. The van der Waals surface area contributed by atoms with Gasteiger partial charge in [0.25, 0.3) is 5.91 Å². The number of aryl methyl sites for hydroxylation is 1. The lowest BCUT2D eigenvalue weighted by Crippen LogP contribution is -2.40. The van der Waals surface area contributed by atoms with E-state index in [9.17, 15) is 19.5 Å². The third kappa shape index (κ3) is 5.53. The van der Waals surface area contributed by atoms with Crippen molar-refractivity contribution in [2.75, 3.05) is 23.3 Å². The number of halogens is 2. The second-order valence-corrected chi connectivity index (χ2v) is 11.2. The van der Waals surface area contributed by atoms with E-state index in [1.54, 1.807) is 33.8 Å². The fraction of sp³-hybridized carbons (Fsp3) is 0.391. The van der Waals surface area contributed by atoms with E-state index in [0.29, 0.717) is 41.1 Å². The number of hydrogen-bond acceptors (Lipinski definition) is 7. The molecule has 1 saturated heterocycles. The summed E-state index contributed by atoms with van der Waals surface area (Å²) >= 11 is 13.4. The molecule has 36 heavy (non-hydrogen) atoms. The van der Waals surface area contributed by atoms with Crippen molar-refractivity contribution in [3.05, 3.63) is 39.1 Å². The van der Waals surface area contributed by atoms with Crippen LogP contribution in [0.25, 0.3) is 10.2 Å². The van der Waals surface area contributed by atoms with Crippen molar-refractivity contribution in [3.63, 3.8) is 0 Å². The molecule has 3 heterocycles. The number of carbonyl (C=O) groups is 3. The fourth-order valence-corrected chi connectivity index (χ4v) is 5.23. The number of anilines is 2. The molecule has 1 fully saturated rings. The number of aromatic nitrogens is 2. The second-order valence-electron chi connectivity index (χ2n) is 9.45. The summed E-state index contributed by atoms with van der Waals surface area (Å²) in [7, 11) is 0. The van der Waals surface area contributed by atoms with Crippen LogP contribution in [0.5, 0.6) is 0 Å². The number of carboxylic acid groups (broad SMARTS) is 1. The third-order valence-electron chi connectivity index (χ3n) is 5.47. The molecule has 0 radical (unpaired) electrons. The van der Waals surface area contributed by atoms with Crippen LogP contribution >= 0.6 is 34.5 Å². The van der Waals surface area contributed by atoms with E-state index in [-0.39, 0.29) is 32.5 Å². The minimum absolute atomic E-state index is 0.0948. The van der Waals surface area contributed by atoms with E-state index < -0.39 is 23.6 Å². The number of ether oxygens (including phenoxy) is 1. The molecule has 1 unspecified atom stereocenters. The maximum absolute atomic E-state index is 12.8. The van der Waals surface area contributed by atoms with Gasteiger partial charge in [-0.2, -0.15) is 0 Å². The fourth-order valence-electron chi connectivity index (χ4n) is 3.89. The number of thiazole rings is 1. The monoisotopic (exact) mass is 553 g/mol. The highest BCUT2D eigenvalue weighted by atomic mass is 35.5. The van der Waals surface area contributed by atoms with Crippen LogP contribution in [-0.4, -0.2) is 57.8 Å². The predicted molar refractivity (Wildman–Crippen MR) is 140 cm³/mol. The highest BCUT2D eigenvalue weighted by molar-refractivity contribution is 7.22. The van der Waals surface area contributed by atoms with Crippen molar-refractivity contribution in [1.82, 2.24) is 15.3 Å². The van der Waals surface area contributed by atoms with E-state index in [4.69, 9.17) is 27.9 Å². The maximum atomic E-state index is 12.8. The van der Waals surface area contributed by atoms with Gasteiger partial charge in [0.15, 0.2) is 5.13 Å². The van der Waals surface area contributed by atoms with Crippen molar-refractivity contribution >= 4 is 73.5 Å². The van der Waals surface area contributed by atoms with Gasteiger partial charge in [-0.25, -0.2) is 14.6 Å². The smallest absolute Gasteiger partial charge is 0.407 e. The lowest BCUT2D eigenvalue weighted by atomic mass is 10.1. The number of nitrogens with zero attached hydrogens (tertiary/aromatic N) is 2. The van der Waals surface area contributed by atoms with Gasteiger partial charge in [-0.15, -0.1) is 0 Å². The van der Waals surface area contributed by atoms with Gasteiger partial charge in [-0.05, 0) is 46.2 Å². The quantitative estimate of drug-likeness (QED) is 0.336. The molecule has 0 bridgehead atoms. The molecule has 4 rings (SSSR count). The largest absolute Gasteiger partial charge is 0.478 e. The lowest BCUT2D eigenvalue weighted by Gasteiger charge is -2.22. The first-order valence-corrected chi connectivity index (χ1v) is 12.7. The molecule has 1 atom stereocenters. The highest BCUT2D eigenvalue weighted by Crippen LogP contribution is 2.37. The number of fused-ring (bicyclic) bond motifs is 1. The topological polar surface area (TPSA) is 137 Å². The molecule has 13 heteroatoms. The van der Waals surface area contributed by atoms with Crippen molar-refractivity contribution in [3.8, 4) is 0 Å². The number of carboxylic acids is 1. The van der Waals surface area contributed by atoms with Crippen molar-refractivity contribution < 1.29 is 24.2 Å². The number of H-pyrrole nitrogens is 1. The zero-order valence-electron chi connectivity index (χ0n) is 20.0. The van der Waals surface area contributed by atoms with Crippen LogP contribution in [0, 0.1) is 6.92 Å². The Bertz CT molecular complexity index is 1360. The Hall–Kier alpha value is -3.02. The zero-order chi connectivity index (χ0) is 26.4. The number of benzene rings is 1. The number of aromatic amines is 1. The Morgan fingerprint density at radius 2 is 1.97 bits per heavy atom. The molecule has 2 amide bonds. The number of rotatable bonds is 5. The molecule has 2 aromatic heterocycles. The average molecular weight is 554 g/mol. The van der Waals surface area contributed by atoms with E-state index in [1.165, 1.54) is 6.07 Å². The van der Waals surface area contributed by atoms with Crippen LogP contribution in [-0.2, 0) is 4.74 Å². The lowest BCUT2D eigenvalue weighted by molar-refractivity contribution is 0.0508. The van der Waals surface area contributed by atoms with Crippen LogP contribution in [0.3, 0.4) is 0 Å². The number of amides is 2. The Labute approximate surface area is 220 Å². The zero-order valence-corrected chi connectivity index (χ0v) is 22.3. The molecule has 4 N–H and O–H groups in total. The minimum atomic E-state index is -1.08. The molecule has 1 aliphatic rings. The van der Waals surface area contributed by atoms with E-state index in [0.717, 1.165) is 11.3 Å². The van der Waals surface area contributed by atoms with Crippen LogP contribution in [0.4, 0.5) is 15.6 Å². The highest BCUT2D eigenvalue weighted by Gasteiger charge is 2.29. The Kier molecular flexibility index (Phi) is 7.09. The number of alkyl carbamates (subject to hydrolysis) is 1. The first-order valence-electron chi connectivity index (χ1n) is 11.1. The molecule has 0 saturated carbocycles. The maximum Gasteiger partial charge on any atom is 0.407 e. The first-order chi connectivity index (χ1) is 16.8. The summed E-state index contributed by atoms with van der Waals surface area (Å²) in [4.78, 5) is 46.1. The van der Waals surface area contributed by atoms with Crippen molar-refractivity contribution in [1.29, 1.82) is 0 Å². The number of hydrogen-bond donors (Lipinski definition) is 4. The summed E-state index contributed by atoms with van der Waals surface area (Å²) in [6.45, 7) is 8.10. The van der Waals surface area contributed by atoms with E-state index in [2.05, 4.69) is 20.6 Å².